The molecule has 2 aliphatic rings. The summed E-state index contributed by atoms with van der Waals surface area (Å²) >= 11 is 0. The van der Waals surface area contributed by atoms with Gasteiger partial charge in [0.05, 0.1) is 18.4 Å². The molecule has 0 aliphatic carbocycles. The lowest BCUT2D eigenvalue weighted by Crippen LogP contribution is -2.42. The summed E-state index contributed by atoms with van der Waals surface area (Å²) < 4.78 is 12.2. The highest BCUT2D eigenvalue weighted by atomic mass is 16.5. The van der Waals surface area contributed by atoms with E-state index in [9.17, 15) is 0 Å². The highest BCUT2D eigenvalue weighted by molar-refractivity contribution is 5.06. The molecular formula is C17H27N3O2. The van der Waals surface area contributed by atoms with Gasteiger partial charge < -0.3 is 14.4 Å². The van der Waals surface area contributed by atoms with Crippen LogP contribution in [0.3, 0.4) is 0 Å². The molecule has 3 atom stereocenters. The van der Waals surface area contributed by atoms with E-state index in [0.29, 0.717) is 6.04 Å². The summed E-state index contributed by atoms with van der Waals surface area (Å²) in [4.78, 5) is 9.11. The van der Waals surface area contributed by atoms with Crippen LogP contribution in [0.2, 0.25) is 0 Å². The number of likely N-dealkylation sites (N-methyl/N-ethyl adjacent to an activating group) is 1. The molecule has 1 aromatic heterocycles. The van der Waals surface area contributed by atoms with Crippen LogP contribution in [0.1, 0.15) is 18.5 Å². The summed E-state index contributed by atoms with van der Waals surface area (Å²) in [6, 6.07) is 6.59. The van der Waals surface area contributed by atoms with Crippen molar-refractivity contribution < 1.29 is 9.47 Å². The lowest BCUT2D eigenvalue weighted by atomic mass is 10.0. The average molecular weight is 305 g/mol. The Balaban J connectivity index is 1.61. The molecule has 22 heavy (non-hydrogen) atoms. The second-order valence-corrected chi connectivity index (χ2v) is 6.51. The minimum absolute atomic E-state index is 0.189. The van der Waals surface area contributed by atoms with Crippen LogP contribution in [0.4, 0.5) is 0 Å². The third-order valence-electron chi connectivity index (χ3n) is 4.55. The molecule has 3 rings (SSSR count). The Morgan fingerprint density at radius 3 is 3.09 bits per heavy atom. The molecule has 2 fully saturated rings. The third-order valence-corrected chi connectivity index (χ3v) is 4.55. The molecule has 0 N–H and O–H groups in total. The van der Waals surface area contributed by atoms with E-state index in [2.05, 4.69) is 41.0 Å². The average Bonchev–Trinajstić information content (AvgIpc) is 2.86. The maximum Gasteiger partial charge on any atom is 0.100 e. The number of pyridine rings is 1. The number of fused-ring (bicyclic) bond motifs is 1. The standard InChI is InChI=1S/C17H27N3O2/c1-19(2)9-11-21-16-13-20(12-14-6-3-4-8-18-14)15-7-5-10-22-17(15)16/h3-4,6,8,15-17H,5,7,9-13H2,1-2H3/t15-,16+,17+/m0/s1. The van der Waals surface area contributed by atoms with Gasteiger partial charge in [-0.1, -0.05) is 6.07 Å². The summed E-state index contributed by atoms with van der Waals surface area (Å²) in [7, 11) is 4.15. The lowest BCUT2D eigenvalue weighted by Gasteiger charge is -2.32. The first-order chi connectivity index (χ1) is 10.7. The molecule has 0 bridgehead atoms. The van der Waals surface area contributed by atoms with Crippen LogP contribution in [0, 0.1) is 0 Å². The lowest BCUT2D eigenvalue weighted by molar-refractivity contribution is -0.0787. The fraction of sp³-hybridized carbons (Fsp3) is 0.706. The zero-order chi connectivity index (χ0) is 15.4. The summed E-state index contributed by atoms with van der Waals surface area (Å²) in [5, 5.41) is 0. The van der Waals surface area contributed by atoms with Crippen molar-refractivity contribution in [3.05, 3.63) is 30.1 Å². The van der Waals surface area contributed by atoms with Crippen molar-refractivity contribution >= 4 is 0 Å². The van der Waals surface area contributed by atoms with E-state index < -0.39 is 0 Å². The number of rotatable bonds is 6. The Morgan fingerprint density at radius 1 is 1.41 bits per heavy atom. The van der Waals surface area contributed by atoms with E-state index in [1.165, 1.54) is 6.42 Å². The number of hydrogen-bond donors (Lipinski definition) is 0. The Kier molecular flexibility index (Phi) is 5.41. The smallest absolute Gasteiger partial charge is 0.100 e. The monoisotopic (exact) mass is 305 g/mol. The van der Waals surface area contributed by atoms with E-state index in [1.54, 1.807) is 0 Å². The summed E-state index contributed by atoms with van der Waals surface area (Å²) in [5.41, 5.74) is 1.13. The van der Waals surface area contributed by atoms with Gasteiger partial charge in [0.2, 0.25) is 0 Å². The highest BCUT2D eigenvalue weighted by Gasteiger charge is 2.44. The van der Waals surface area contributed by atoms with E-state index in [0.717, 1.165) is 45.0 Å². The Morgan fingerprint density at radius 2 is 2.32 bits per heavy atom. The molecule has 5 heteroatoms. The second-order valence-electron chi connectivity index (χ2n) is 6.51. The van der Waals surface area contributed by atoms with Crippen LogP contribution in [-0.4, -0.2) is 73.4 Å². The number of nitrogens with zero attached hydrogens (tertiary/aromatic N) is 3. The van der Waals surface area contributed by atoms with Gasteiger partial charge in [-0.2, -0.15) is 0 Å². The van der Waals surface area contributed by atoms with Gasteiger partial charge in [-0.25, -0.2) is 0 Å². The first-order valence-corrected chi connectivity index (χ1v) is 8.26. The molecule has 0 aromatic carbocycles. The molecular weight excluding hydrogens is 278 g/mol. The minimum Gasteiger partial charge on any atom is -0.374 e. The molecule has 2 aliphatic heterocycles. The van der Waals surface area contributed by atoms with Gasteiger partial charge in [0.25, 0.3) is 0 Å². The van der Waals surface area contributed by atoms with Crippen molar-refractivity contribution in [2.75, 3.05) is 40.4 Å². The Bertz CT molecular complexity index is 454. The van der Waals surface area contributed by atoms with E-state index in [-0.39, 0.29) is 12.2 Å². The van der Waals surface area contributed by atoms with E-state index in [4.69, 9.17) is 9.47 Å². The van der Waals surface area contributed by atoms with Gasteiger partial charge in [-0.3, -0.25) is 9.88 Å². The Hall–Kier alpha value is -1.01. The van der Waals surface area contributed by atoms with Crippen molar-refractivity contribution in [2.45, 2.75) is 37.6 Å². The molecule has 3 heterocycles. The third kappa shape index (κ3) is 3.84. The van der Waals surface area contributed by atoms with Crippen LogP contribution in [-0.2, 0) is 16.0 Å². The number of likely N-dealkylation sites (tertiary alicyclic amines) is 1. The van der Waals surface area contributed by atoms with Crippen LogP contribution in [0.15, 0.2) is 24.4 Å². The summed E-state index contributed by atoms with van der Waals surface area (Å²) in [6.07, 6.45) is 4.62. The van der Waals surface area contributed by atoms with Crippen molar-refractivity contribution in [1.82, 2.24) is 14.8 Å². The summed E-state index contributed by atoms with van der Waals surface area (Å²) in [6.45, 7) is 4.42. The van der Waals surface area contributed by atoms with Gasteiger partial charge in [-0.05, 0) is 39.1 Å². The van der Waals surface area contributed by atoms with Gasteiger partial charge in [0.15, 0.2) is 0 Å². The van der Waals surface area contributed by atoms with Gasteiger partial charge >= 0.3 is 0 Å². The zero-order valence-electron chi connectivity index (χ0n) is 13.6. The van der Waals surface area contributed by atoms with Crippen LogP contribution in [0.5, 0.6) is 0 Å². The molecule has 0 spiro atoms. The van der Waals surface area contributed by atoms with Gasteiger partial charge in [-0.15, -0.1) is 0 Å². The second kappa shape index (κ2) is 7.51. The quantitative estimate of drug-likeness (QED) is 0.794. The maximum atomic E-state index is 6.12. The van der Waals surface area contributed by atoms with Crippen LogP contribution in [0.25, 0.3) is 0 Å². The van der Waals surface area contributed by atoms with Crippen molar-refractivity contribution in [1.29, 1.82) is 0 Å². The van der Waals surface area contributed by atoms with Gasteiger partial charge in [0.1, 0.15) is 6.10 Å². The predicted octanol–water partition coefficient (Wildman–Crippen LogP) is 1.39. The molecule has 0 unspecified atom stereocenters. The highest BCUT2D eigenvalue weighted by Crippen LogP contribution is 2.31. The van der Waals surface area contributed by atoms with Crippen molar-refractivity contribution in [2.24, 2.45) is 0 Å². The fourth-order valence-corrected chi connectivity index (χ4v) is 3.42. The van der Waals surface area contributed by atoms with Crippen molar-refractivity contribution in [3.8, 4) is 0 Å². The molecule has 122 valence electrons. The van der Waals surface area contributed by atoms with E-state index >= 15 is 0 Å². The molecule has 5 nitrogen and oxygen atoms in total. The van der Waals surface area contributed by atoms with Crippen LogP contribution >= 0.6 is 0 Å². The molecule has 0 radical (unpaired) electrons. The topological polar surface area (TPSA) is 37.8 Å². The van der Waals surface area contributed by atoms with Crippen LogP contribution < -0.4 is 0 Å². The zero-order valence-corrected chi connectivity index (χ0v) is 13.6. The fourth-order valence-electron chi connectivity index (χ4n) is 3.42. The molecule has 2 saturated heterocycles. The SMILES string of the molecule is CN(C)CCO[C@@H]1CN(Cc2ccccn2)[C@H]2CCCO[C@@H]12. The molecule has 0 saturated carbocycles. The largest absolute Gasteiger partial charge is 0.374 e. The first-order valence-electron chi connectivity index (χ1n) is 8.26. The van der Waals surface area contributed by atoms with Gasteiger partial charge in [0, 0.05) is 38.5 Å². The number of ether oxygens (including phenoxy) is 2. The minimum atomic E-state index is 0.189. The molecule has 1 aromatic rings. The number of aromatic nitrogens is 1. The Labute approximate surface area is 133 Å². The first kappa shape index (κ1) is 15.9. The normalized spacial score (nSPS) is 29.0. The maximum absolute atomic E-state index is 6.12. The molecule has 0 amide bonds. The number of hydrogen-bond acceptors (Lipinski definition) is 5. The van der Waals surface area contributed by atoms with Crippen molar-refractivity contribution in [3.63, 3.8) is 0 Å². The predicted molar refractivity (Wildman–Crippen MR) is 85.7 cm³/mol. The summed E-state index contributed by atoms with van der Waals surface area (Å²) in [5.74, 6) is 0. The van der Waals surface area contributed by atoms with E-state index in [1.807, 2.05) is 12.3 Å².